The molecule has 2 rings (SSSR count). The molecule has 0 N–H and O–H groups in total. The van der Waals surface area contributed by atoms with E-state index in [9.17, 15) is 26.3 Å². The molecule has 172 valence electrons. The molecule has 0 aliphatic rings. The number of alkyl halides is 6. The molecule has 2 aromatic carbocycles. The van der Waals surface area contributed by atoms with Crippen LogP contribution in [0.2, 0.25) is 8.87 Å². The second-order valence-electron chi connectivity index (χ2n) is 7.40. The van der Waals surface area contributed by atoms with E-state index >= 15 is 0 Å². The van der Waals surface area contributed by atoms with E-state index in [2.05, 4.69) is 0 Å². The van der Waals surface area contributed by atoms with Crippen molar-refractivity contribution >= 4 is 19.2 Å². The fraction of sp³-hybridized carbons (Fsp3) is 0.455. The first-order chi connectivity index (χ1) is 14.6. The summed E-state index contributed by atoms with van der Waals surface area (Å²) in [5.74, 6) is 0. The van der Waals surface area contributed by atoms with Gasteiger partial charge in [-0.2, -0.15) is 0 Å². The molecule has 0 fully saturated rings. The fourth-order valence-electron chi connectivity index (χ4n) is 3.15. The van der Waals surface area contributed by atoms with E-state index in [0.29, 0.717) is 0 Å². The van der Waals surface area contributed by atoms with Crippen molar-refractivity contribution < 1.29 is 32.5 Å². The van der Waals surface area contributed by atoms with Crippen molar-refractivity contribution in [3.05, 3.63) is 71.8 Å². The van der Waals surface area contributed by atoms with Crippen molar-refractivity contribution in [2.45, 2.75) is 60.1 Å². The zero-order valence-electron chi connectivity index (χ0n) is 17.0. The van der Waals surface area contributed by atoms with E-state index < -0.39 is 44.4 Å². The van der Waals surface area contributed by atoms with Gasteiger partial charge < -0.3 is 0 Å². The summed E-state index contributed by atoms with van der Waals surface area (Å²) in [4.78, 5) is 0. The van der Waals surface area contributed by atoms with E-state index in [0.717, 1.165) is 11.1 Å². The van der Waals surface area contributed by atoms with Crippen LogP contribution in [0.3, 0.4) is 0 Å². The van der Waals surface area contributed by atoms with E-state index in [1.165, 1.54) is 0 Å². The van der Waals surface area contributed by atoms with Crippen LogP contribution in [0.15, 0.2) is 60.7 Å². The van der Waals surface area contributed by atoms with Crippen LogP contribution >= 0.6 is 0 Å². The first-order valence-electron chi connectivity index (χ1n) is 10.1. The van der Waals surface area contributed by atoms with Crippen molar-refractivity contribution in [1.82, 2.24) is 0 Å². The molecule has 0 saturated heterocycles. The summed E-state index contributed by atoms with van der Waals surface area (Å²) in [7, 11) is 0. The van der Waals surface area contributed by atoms with Gasteiger partial charge in [0.05, 0.1) is 0 Å². The molecular weight excluding hydrogens is 529 g/mol. The third-order valence-corrected chi connectivity index (χ3v) is 14.9. The Hall–Kier alpha value is -1.26. The molecule has 0 radical (unpaired) electrons. The molecule has 0 aromatic heterocycles. The van der Waals surface area contributed by atoms with Gasteiger partial charge in [0.25, 0.3) is 0 Å². The third kappa shape index (κ3) is 11.2. The summed E-state index contributed by atoms with van der Waals surface area (Å²) in [6.45, 7) is 0.230. The Morgan fingerprint density at radius 1 is 0.581 bits per heavy atom. The zero-order valence-corrected chi connectivity index (χ0v) is 19.9. The third-order valence-electron chi connectivity index (χ3n) is 4.73. The van der Waals surface area contributed by atoms with Crippen molar-refractivity contribution in [2.24, 2.45) is 0 Å². The van der Waals surface area contributed by atoms with Crippen LogP contribution in [0.25, 0.3) is 0 Å². The molecule has 0 atom stereocenters. The minimum atomic E-state index is -4.33. The molecule has 0 aliphatic carbocycles. The molecule has 0 unspecified atom stereocenters. The monoisotopic (exact) mass is 556 g/mol. The van der Waals surface area contributed by atoms with Crippen molar-refractivity contribution in [3.8, 4) is 0 Å². The second kappa shape index (κ2) is 12.1. The van der Waals surface area contributed by atoms with Gasteiger partial charge in [0, 0.05) is 0 Å². The normalized spacial score (nSPS) is 12.8. The van der Waals surface area contributed by atoms with Gasteiger partial charge in [0.1, 0.15) is 0 Å². The number of benzene rings is 2. The topological polar surface area (TPSA) is 18.5 Å². The number of halogens is 6. The quantitative estimate of drug-likeness (QED) is 0.199. The summed E-state index contributed by atoms with van der Waals surface area (Å²) < 4.78 is 88.7. The Morgan fingerprint density at radius 2 is 0.935 bits per heavy atom. The van der Waals surface area contributed by atoms with E-state index in [1.807, 2.05) is 12.1 Å². The summed E-state index contributed by atoms with van der Waals surface area (Å²) >= 11 is -4.29. The maximum atomic E-state index is 12.7. The maximum absolute atomic E-state index is 12.7. The first kappa shape index (κ1) is 26.0. The molecule has 0 amide bonds. The van der Waals surface area contributed by atoms with Crippen LogP contribution in [0.1, 0.15) is 36.8 Å². The van der Waals surface area contributed by atoms with Crippen LogP contribution < -0.4 is 0 Å². The van der Waals surface area contributed by atoms with Gasteiger partial charge in [-0.15, -0.1) is 0 Å². The summed E-state index contributed by atoms with van der Waals surface area (Å²) in [5, 5.41) is 0. The minimum absolute atomic E-state index is 0.0473. The SMILES string of the molecule is FC(F)(F)CC[CH2][Sn]([CH2]CCC(F)(F)F)([O]Cc1ccccc1)[O]Cc1ccccc1. The van der Waals surface area contributed by atoms with E-state index in [-0.39, 0.29) is 34.9 Å². The average molecular weight is 555 g/mol. The van der Waals surface area contributed by atoms with Crippen molar-refractivity contribution in [3.63, 3.8) is 0 Å². The van der Waals surface area contributed by atoms with Crippen LogP contribution in [-0.4, -0.2) is 31.6 Å². The zero-order chi connectivity index (χ0) is 22.8. The fourth-order valence-corrected chi connectivity index (χ4v) is 12.3. The Bertz CT molecular complexity index is 685. The van der Waals surface area contributed by atoms with Gasteiger partial charge >= 0.3 is 184 Å². The van der Waals surface area contributed by atoms with Gasteiger partial charge in [-0.3, -0.25) is 0 Å². The predicted octanol–water partition coefficient (Wildman–Crippen LogP) is 7.55. The number of hydrogen-bond donors (Lipinski definition) is 0. The van der Waals surface area contributed by atoms with Crippen LogP contribution in [-0.2, 0) is 19.4 Å². The number of hydrogen-bond acceptors (Lipinski definition) is 2. The Morgan fingerprint density at radius 3 is 1.26 bits per heavy atom. The molecule has 9 heteroatoms. The van der Waals surface area contributed by atoms with Gasteiger partial charge in [0.15, 0.2) is 0 Å². The first-order valence-corrected chi connectivity index (χ1v) is 16.4. The van der Waals surface area contributed by atoms with Crippen LogP contribution in [0.4, 0.5) is 26.3 Å². The van der Waals surface area contributed by atoms with Crippen LogP contribution in [0, 0.1) is 0 Å². The summed E-state index contributed by atoms with van der Waals surface area (Å²) in [6.07, 6.45) is -11.1. The Labute approximate surface area is 183 Å². The molecule has 0 saturated carbocycles. The van der Waals surface area contributed by atoms with Crippen molar-refractivity contribution in [2.75, 3.05) is 0 Å². The van der Waals surface area contributed by atoms with Gasteiger partial charge in [-0.1, -0.05) is 0 Å². The van der Waals surface area contributed by atoms with Gasteiger partial charge in [0.2, 0.25) is 0 Å². The average Bonchev–Trinajstić information content (AvgIpc) is 2.70. The Kier molecular flexibility index (Phi) is 10.2. The second-order valence-corrected chi connectivity index (χ2v) is 17.1. The van der Waals surface area contributed by atoms with E-state index in [4.69, 9.17) is 6.15 Å². The summed E-state index contributed by atoms with van der Waals surface area (Å²) in [6, 6.07) is 18.1. The number of rotatable bonds is 12. The molecule has 0 aliphatic heterocycles. The molecule has 2 nitrogen and oxygen atoms in total. The predicted molar refractivity (Wildman–Crippen MR) is 108 cm³/mol. The van der Waals surface area contributed by atoms with E-state index in [1.54, 1.807) is 48.5 Å². The molecule has 31 heavy (non-hydrogen) atoms. The molecular formula is C22H26F6O2Sn. The van der Waals surface area contributed by atoms with Crippen LogP contribution in [0.5, 0.6) is 0 Å². The molecule has 0 heterocycles. The van der Waals surface area contributed by atoms with Gasteiger partial charge in [-0.05, 0) is 0 Å². The van der Waals surface area contributed by atoms with Crippen molar-refractivity contribution in [1.29, 1.82) is 0 Å². The Balaban J connectivity index is 2.17. The van der Waals surface area contributed by atoms with Gasteiger partial charge in [-0.25, -0.2) is 0 Å². The summed E-state index contributed by atoms with van der Waals surface area (Å²) in [5.41, 5.74) is 1.61. The molecule has 0 spiro atoms. The molecule has 0 bridgehead atoms. The molecule has 2 aromatic rings. The standard InChI is InChI=1S/2C7H7O.2C4H6F3.Sn/c2*8-6-7-4-2-1-3-5-7;2*1-2-3-4(5,6)7;/h2*1-5H,6H2;2*1-3H2;/q2*-1;;;+2.